The van der Waals surface area contributed by atoms with Gasteiger partial charge in [-0.25, -0.2) is 4.98 Å². The number of ether oxygens (including phenoxy) is 1. The Labute approximate surface area is 144 Å². The van der Waals surface area contributed by atoms with E-state index in [0.29, 0.717) is 12.5 Å². The van der Waals surface area contributed by atoms with Crippen LogP contribution in [0.5, 0.6) is 0 Å². The fourth-order valence-electron chi connectivity index (χ4n) is 2.53. The lowest BCUT2D eigenvalue weighted by atomic mass is 10.3. The van der Waals surface area contributed by atoms with Gasteiger partial charge in [0.2, 0.25) is 0 Å². The topological polar surface area (TPSA) is 63.7 Å². The van der Waals surface area contributed by atoms with Gasteiger partial charge in [0.25, 0.3) is 0 Å². The third kappa shape index (κ3) is 4.31. The number of aromatic nitrogens is 1. The van der Waals surface area contributed by atoms with Gasteiger partial charge < -0.3 is 15.4 Å². The summed E-state index contributed by atoms with van der Waals surface area (Å²) in [4.78, 5) is 13.7. The van der Waals surface area contributed by atoms with Crippen LogP contribution in [0.3, 0.4) is 0 Å². The van der Waals surface area contributed by atoms with Crippen LogP contribution in [-0.4, -0.2) is 48.2 Å². The van der Waals surface area contributed by atoms with Crippen molar-refractivity contribution in [1.82, 2.24) is 9.88 Å². The van der Waals surface area contributed by atoms with Crippen LogP contribution in [0.15, 0.2) is 22.5 Å². The van der Waals surface area contributed by atoms with Gasteiger partial charge in [-0.2, -0.15) is 0 Å². The van der Waals surface area contributed by atoms with E-state index in [9.17, 15) is 0 Å². The molecule has 0 spiro atoms. The van der Waals surface area contributed by atoms with Crippen LogP contribution in [0.4, 0.5) is 0 Å². The molecule has 2 N–H and O–H groups in total. The number of aryl methyl sites for hydroxylation is 1. The maximum absolute atomic E-state index is 6.09. The molecule has 2 aromatic heterocycles. The summed E-state index contributed by atoms with van der Waals surface area (Å²) >= 11 is 3.48. The molecule has 5 nitrogen and oxygen atoms in total. The lowest BCUT2D eigenvalue weighted by Crippen LogP contribution is -2.47. The van der Waals surface area contributed by atoms with Gasteiger partial charge in [0.15, 0.2) is 5.96 Å². The molecular weight excluding hydrogens is 328 g/mol. The Morgan fingerprint density at radius 3 is 3.13 bits per heavy atom. The maximum Gasteiger partial charge on any atom is 0.191 e. The number of hydrogen-bond donors (Lipinski definition) is 1. The minimum absolute atomic E-state index is 0.221. The summed E-state index contributed by atoms with van der Waals surface area (Å²) in [5.74, 6) is 0.632. The van der Waals surface area contributed by atoms with E-state index in [4.69, 9.17) is 10.5 Å². The molecule has 7 heteroatoms. The van der Waals surface area contributed by atoms with Crippen LogP contribution in [-0.2, 0) is 11.2 Å². The highest BCUT2D eigenvalue weighted by Gasteiger charge is 2.17. The Morgan fingerprint density at radius 1 is 1.52 bits per heavy atom. The van der Waals surface area contributed by atoms with Gasteiger partial charge in [0.1, 0.15) is 0 Å². The number of guanidine groups is 1. The number of rotatable bonds is 4. The third-order valence-electron chi connectivity index (χ3n) is 3.73. The Balaban J connectivity index is 1.54. The van der Waals surface area contributed by atoms with Crippen LogP contribution in [0.1, 0.15) is 16.8 Å². The number of aliphatic imine (C=N–C) groups is 1. The van der Waals surface area contributed by atoms with Crippen molar-refractivity contribution in [2.24, 2.45) is 10.7 Å². The van der Waals surface area contributed by atoms with Gasteiger partial charge in [-0.3, -0.25) is 4.99 Å². The van der Waals surface area contributed by atoms with E-state index in [1.54, 1.807) is 22.7 Å². The second-order valence-electron chi connectivity index (χ2n) is 5.64. The number of thiazole rings is 1. The summed E-state index contributed by atoms with van der Waals surface area (Å²) in [5, 5.41) is 3.22. The number of hydrogen-bond acceptors (Lipinski definition) is 5. The van der Waals surface area contributed by atoms with Crippen molar-refractivity contribution in [3.05, 3.63) is 27.4 Å². The van der Waals surface area contributed by atoms with Crippen LogP contribution in [0, 0.1) is 6.92 Å². The first-order valence-corrected chi connectivity index (χ1v) is 9.49. The molecule has 0 radical (unpaired) electrons. The predicted molar refractivity (Wildman–Crippen MR) is 97.3 cm³/mol. The highest BCUT2D eigenvalue weighted by molar-refractivity contribution is 7.16. The number of nitrogens with two attached hydrogens (primary N) is 1. The molecule has 0 amide bonds. The van der Waals surface area contributed by atoms with Crippen LogP contribution in [0.2, 0.25) is 0 Å². The minimum atomic E-state index is 0.221. The predicted octanol–water partition coefficient (Wildman–Crippen LogP) is 2.76. The average Bonchev–Trinajstić information content (AvgIpc) is 3.16. The van der Waals surface area contributed by atoms with Gasteiger partial charge in [-0.15, -0.1) is 22.7 Å². The molecule has 0 aromatic carbocycles. The van der Waals surface area contributed by atoms with E-state index < -0.39 is 0 Å². The Hall–Kier alpha value is -1.44. The van der Waals surface area contributed by atoms with Crippen LogP contribution >= 0.6 is 22.7 Å². The van der Waals surface area contributed by atoms with Crippen molar-refractivity contribution >= 4 is 28.6 Å². The Morgan fingerprint density at radius 2 is 2.39 bits per heavy atom. The Bertz CT molecular complexity index is 679. The minimum Gasteiger partial charge on any atom is -0.375 e. The third-order valence-corrected chi connectivity index (χ3v) is 5.67. The summed E-state index contributed by atoms with van der Waals surface area (Å²) in [5.41, 5.74) is 7.17. The van der Waals surface area contributed by atoms with Crippen molar-refractivity contribution in [3.63, 3.8) is 0 Å². The SMILES string of the molecule is Cc1nc(-c2ccc(CCN=C(N)N3CCOC(C)C3)s2)cs1. The monoisotopic (exact) mass is 350 g/mol. The van der Waals surface area contributed by atoms with Crippen molar-refractivity contribution in [2.45, 2.75) is 26.4 Å². The summed E-state index contributed by atoms with van der Waals surface area (Å²) < 4.78 is 5.52. The highest BCUT2D eigenvalue weighted by atomic mass is 32.1. The zero-order valence-corrected chi connectivity index (χ0v) is 15.1. The normalized spacial score (nSPS) is 19.3. The van der Waals surface area contributed by atoms with Gasteiger partial charge in [0.05, 0.1) is 28.3 Å². The van der Waals surface area contributed by atoms with E-state index in [0.717, 1.165) is 36.8 Å². The number of nitrogens with zero attached hydrogens (tertiary/aromatic N) is 3. The second-order valence-corrected chi connectivity index (χ2v) is 7.87. The van der Waals surface area contributed by atoms with E-state index in [1.807, 2.05) is 6.92 Å². The van der Waals surface area contributed by atoms with Crippen LogP contribution < -0.4 is 5.73 Å². The molecule has 23 heavy (non-hydrogen) atoms. The first kappa shape index (κ1) is 16.4. The molecule has 1 atom stereocenters. The van der Waals surface area contributed by atoms with Crippen LogP contribution in [0.25, 0.3) is 10.6 Å². The fraction of sp³-hybridized carbons (Fsp3) is 0.500. The van der Waals surface area contributed by atoms with E-state index in [-0.39, 0.29) is 6.10 Å². The molecule has 124 valence electrons. The molecule has 1 aliphatic heterocycles. The number of morpholine rings is 1. The quantitative estimate of drug-likeness (QED) is 0.680. The smallest absolute Gasteiger partial charge is 0.191 e. The standard InChI is InChI=1S/C16H22N4OS2/c1-11-9-20(7-8-21-11)16(17)18-6-5-13-3-4-15(23-13)14-10-22-12(2)19-14/h3-4,10-11H,5-9H2,1-2H3,(H2,17,18). The van der Waals surface area contributed by atoms with Gasteiger partial charge in [-0.05, 0) is 26.0 Å². The zero-order chi connectivity index (χ0) is 16.2. The van der Waals surface area contributed by atoms with E-state index >= 15 is 0 Å². The van der Waals surface area contributed by atoms with Crippen molar-refractivity contribution in [1.29, 1.82) is 0 Å². The Kier molecular flexibility index (Phi) is 5.30. The van der Waals surface area contributed by atoms with Gasteiger partial charge in [0, 0.05) is 36.3 Å². The molecule has 1 saturated heterocycles. The van der Waals surface area contributed by atoms with Crippen molar-refractivity contribution in [2.75, 3.05) is 26.2 Å². The molecule has 0 saturated carbocycles. The second kappa shape index (κ2) is 7.42. The summed E-state index contributed by atoms with van der Waals surface area (Å²) in [6.07, 6.45) is 1.13. The highest BCUT2D eigenvalue weighted by Crippen LogP contribution is 2.29. The van der Waals surface area contributed by atoms with Gasteiger partial charge in [-0.1, -0.05) is 0 Å². The van der Waals surface area contributed by atoms with Crippen molar-refractivity contribution in [3.8, 4) is 10.6 Å². The number of thiophene rings is 1. The molecule has 1 aliphatic rings. The molecule has 0 aliphatic carbocycles. The molecular formula is C16H22N4OS2. The molecule has 2 aromatic rings. The summed E-state index contributed by atoms with van der Waals surface area (Å²) in [6, 6.07) is 4.31. The maximum atomic E-state index is 6.09. The summed E-state index contributed by atoms with van der Waals surface area (Å²) in [7, 11) is 0. The first-order valence-electron chi connectivity index (χ1n) is 7.79. The average molecular weight is 351 g/mol. The fourth-order valence-corrected chi connectivity index (χ4v) is 4.18. The van der Waals surface area contributed by atoms with Gasteiger partial charge >= 0.3 is 0 Å². The zero-order valence-electron chi connectivity index (χ0n) is 13.5. The van der Waals surface area contributed by atoms with Crippen molar-refractivity contribution < 1.29 is 4.74 Å². The molecule has 0 bridgehead atoms. The molecule has 1 fully saturated rings. The lowest BCUT2D eigenvalue weighted by Gasteiger charge is -2.31. The first-order chi connectivity index (χ1) is 11.1. The lowest BCUT2D eigenvalue weighted by molar-refractivity contribution is 0.00530. The molecule has 1 unspecified atom stereocenters. The largest absolute Gasteiger partial charge is 0.375 e. The van der Waals surface area contributed by atoms with E-state index in [2.05, 4.69) is 39.3 Å². The molecule has 3 rings (SSSR count). The summed E-state index contributed by atoms with van der Waals surface area (Å²) in [6.45, 7) is 7.18. The molecule has 3 heterocycles. The van der Waals surface area contributed by atoms with E-state index in [1.165, 1.54) is 9.75 Å².